The van der Waals surface area contributed by atoms with Gasteiger partial charge >= 0.3 is 11.9 Å². The second-order valence-electron chi connectivity index (χ2n) is 6.74. The molecular formula is C24H19NO4. The number of ether oxygens (including phenoxy) is 1. The minimum Gasteiger partial charge on any atom is -0.480 e. The van der Waals surface area contributed by atoms with E-state index in [0.717, 1.165) is 22.3 Å². The van der Waals surface area contributed by atoms with Crippen molar-refractivity contribution in [2.75, 3.05) is 18.0 Å². The Balaban J connectivity index is 1.59. The molecule has 3 aromatic carbocycles. The fraction of sp³-hybridized carbons (Fsp3) is 0.0833. The van der Waals surface area contributed by atoms with Crippen molar-refractivity contribution < 1.29 is 19.4 Å². The molecule has 0 amide bonds. The molecule has 5 heteroatoms. The third kappa shape index (κ3) is 4.19. The molecule has 0 atom stereocenters. The van der Waals surface area contributed by atoms with Crippen molar-refractivity contribution in [3.05, 3.63) is 83.9 Å². The van der Waals surface area contributed by atoms with Crippen LogP contribution in [0.25, 0.3) is 23.3 Å². The molecule has 144 valence electrons. The summed E-state index contributed by atoms with van der Waals surface area (Å²) in [6, 6.07) is 23.7. The molecule has 1 aliphatic heterocycles. The minimum atomic E-state index is -0.995. The Labute approximate surface area is 168 Å². The summed E-state index contributed by atoms with van der Waals surface area (Å²) in [7, 11) is 0. The molecule has 3 aromatic rings. The van der Waals surface area contributed by atoms with Gasteiger partial charge in [0, 0.05) is 5.56 Å². The van der Waals surface area contributed by atoms with Crippen molar-refractivity contribution in [3.8, 4) is 16.9 Å². The maximum absolute atomic E-state index is 11.9. The zero-order chi connectivity index (χ0) is 20.2. The molecule has 0 saturated carbocycles. The number of nitrogens with zero attached hydrogens (tertiary/aromatic N) is 1. The number of rotatable bonds is 5. The normalized spacial score (nSPS) is 13.2. The Bertz CT molecular complexity index is 1070. The summed E-state index contributed by atoms with van der Waals surface area (Å²) in [4.78, 5) is 24.5. The molecule has 1 aliphatic rings. The van der Waals surface area contributed by atoms with Crippen LogP contribution in [0.5, 0.6) is 5.75 Å². The van der Waals surface area contributed by atoms with Gasteiger partial charge in [0.1, 0.15) is 13.1 Å². The number of hydrogen-bond donors (Lipinski definition) is 1. The van der Waals surface area contributed by atoms with Gasteiger partial charge in [-0.25, -0.2) is 4.79 Å². The topological polar surface area (TPSA) is 66.8 Å². The lowest BCUT2D eigenvalue weighted by Crippen LogP contribution is -2.40. The van der Waals surface area contributed by atoms with Crippen molar-refractivity contribution in [2.24, 2.45) is 0 Å². The van der Waals surface area contributed by atoms with Crippen molar-refractivity contribution in [1.82, 2.24) is 0 Å². The number of carbonyl (C=O) groups excluding carboxylic acids is 1. The highest BCUT2D eigenvalue weighted by molar-refractivity contribution is 5.90. The average Bonchev–Trinajstić information content (AvgIpc) is 2.73. The molecule has 1 N–H and O–H groups in total. The van der Waals surface area contributed by atoms with E-state index in [4.69, 9.17) is 9.84 Å². The summed E-state index contributed by atoms with van der Waals surface area (Å²) >= 11 is 0. The number of anilines is 1. The SMILES string of the molecule is O=C(O)CN1CC(=O)Oc2c(/C=C/c3ccc(-c4ccccc4)cc3)cccc21. The van der Waals surface area contributed by atoms with Gasteiger partial charge in [-0.15, -0.1) is 0 Å². The summed E-state index contributed by atoms with van der Waals surface area (Å²) in [5.41, 5.74) is 4.63. The molecule has 5 nitrogen and oxygen atoms in total. The number of carbonyl (C=O) groups is 2. The first-order chi connectivity index (χ1) is 14.1. The van der Waals surface area contributed by atoms with Crippen molar-refractivity contribution in [2.45, 2.75) is 0 Å². The number of hydrogen-bond acceptors (Lipinski definition) is 4. The quantitative estimate of drug-likeness (QED) is 0.402. The molecule has 0 unspecified atom stereocenters. The summed E-state index contributed by atoms with van der Waals surface area (Å²) in [6.07, 6.45) is 3.81. The van der Waals surface area contributed by atoms with E-state index in [0.29, 0.717) is 11.4 Å². The van der Waals surface area contributed by atoms with Crippen LogP contribution in [-0.2, 0) is 9.59 Å². The number of aliphatic carboxylic acids is 1. The van der Waals surface area contributed by atoms with Gasteiger partial charge in [-0.05, 0) is 22.8 Å². The minimum absolute atomic E-state index is 0.0760. The predicted molar refractivity (Wildman–Crippen MR) is 113 cm³/mol. The Morgan fingerprint density at radius 2 is 1.66 bits per heavy atom. The predicted octanol–water partition coefficient (Wildman–Crippen LogP) is 4.33. The number of benzene rings is 3. The van der Waals surface area contributed by atoms with Gasteiger partial charge < -0.3 is 14.7 Å². The smallest absolute Gasteiger partial charge is 0.331 e. The number of para-hydroxylation sites is 1. The maximum atomic E-state index is 11.9. The Morgan fingerprint density at radius 3 is 2.38 bits per heavy atom. The van der Waals surface area contributed by atoms with E-state index in [9.17, 15) is 9.59 Å². The second kappa shape index (κ2) is 8.02. The molecule has 0 aromatic heterocycles. The molecule has 4 rings (SSSR count). The van der Waals surface area contributed by atoms with Crippen LogP contribution in [0, 0.1) is 0 Å². The third-order valence-electron chi connectivity index (χ3n) is 4.70. The van der Waals surface area contributed by atoms with E-state index in [1.807, 2.05) is 54.6 Å². The monoisotopic (exact) mass is 385 g/mol. The zero-order valence-electron chi connectivity index (χ0n) is 15.6. The van der Waals surface area contributed by atoms with E-state index >= 15 is 0 Å². The van der Waals surface area contributed by atoms with Crippen LogP contribution in [0.4, 0.5) is 5.69 Å². The van der Waals surface area contributed by atoms with Crippen molar-refractivity contribution >= 4 is 29.8 Å². The second-order valence-corrected chi connectivity index (χ2v) is 6.74. The number of esters is 1. The lowest BCUT2D eigenvalue weighted by Gasteiger charge is -2.29. The van der Waals surface area contributed by atoms with Crippen LogP contribution in [0.3, 0.4) is 0 Å². The highest BCUT2D eigenvalue weighted by atomic mass is 16.5. The highest BCUT2D eigenvalue weighted by Gasteiger charge is 2.26. The lowest BCUT2D eigenvalue weighted by atomic mass is 10.0. The van der Waals surface area contributed by atoms with E-state index in [1.165, 1.54) is 4.90 Å². The van der Waals surface area contributed by atoms with Crippen LogP contribution in [-0.4, -0.2) is 30.1 Å². The van der Waals surface area contributed by atoms with Crippen molar-refractivity contribution in [3.63, 3.8) is 0 Å². The molecule has 0 aliphatic carbocycles. The zero-order valence-corrected chi connectivity index (χ0v) is 15.6. The fourth-order valence-electron chi connectivity index (χ4n) is 3.33. The third-order valence-corrected chi connectivity index (χ3v) is 4.70. The number of carboxylic acid groups (broad SMARTS) is 1. The standard InChI is InChI=1S/C24H19NO4/c26-22(27)15-25-16-23(28)29-24-20(7-4-8-21(24)25)14-11-17-9-12-19(13-10-17)18-5-2-1-3-6-18/h1-14H,15-16H2,(H,26,27)/b14-11+. The van der Waals surface area contributed by atoms with Gasteiger partial charge in [0.25, 0.3) is 0 Å². The fourth-order valence-corrected chi connectivity index (χ4v) is 3.33. The van der Waals surface area contributed by atoms with Crippen LogP contribution >= 0.6 is 0 Å². The molecule has 0 bridgehead atoms. The van der Waals surface area contributed by atoms with Gasteiger partial charge in [-0.1, -0.05) is 78.9 Å². The highest BCUT2D eigenvalue weighted by Crippen LogP contribution is 2.36. The summed E-state index contributed by atoms with van der Waals surface area (Å²) in [6.45, 7) is -0.330. The molecule has 29 heavy (non-hydrogen) atoms. The molecule has 0 radical (unpaired) electrons. The van der Waals surface area contributed by atoms with Gasteiger partial charge in [-0.2, -0.15) is 0 Å². The Morgan fingerprint density at radius 1 is 0.931 bits per heavy atom. The van der Waals surface area contributed by atoms with Crippen LogP contribution in [0.2, 0.25) is 0 Å². The van der Waals surface area contributed by atoms with Crippen LogP contribution in [0.15, 0.2) is 72.8 Å². The average molecular weight is 385 g/mol. The van der Waals surface area contributed by atoms with Gasteiger partial charge in [0.2, 0.25) is 0 Å². The van der Waals surface area contributed by atoms with Crippen LogP contribution in [0.1, 0.15) is 11.1 Å². The molecular weight excluding hydrogens is 366 g/mol. The van der Waals surface area contributed by atoms with Crippen LogP contribution < -0.4 is 9.64 Å². The summed E-state index contributed by atoms with van der Waals surface area (Å²) in [5.74, 6) is -1.07. The van der Waals surface area contributed by atoms with Gasteiger partial charge in [0.15, 0.2) is 5.75 Å². The Kier molecular flexibility index (Phi) is 5.12. The Hall–Kier alpha value is -3.86. The van der Waals surface area contributed by atoms with E-state index in [2.05, 4.69) is 24.3 Å². The number of fused-ring (bicyclic) bond motifs is 1. The first kappa shape index (κ1) is 18.5. The molecule has 0 saturated heterocycles. The van der Waals surface area contributed by atoms with Gasteiger partial charge in [0.05, 0.1) is 5.69 Å². The van der Waals surface area contributed by atoms with E-state index in [-0.39, 0.29) is 13.1 Å². The first-order valence-electron chi connectivity index (χ1n) is 9.24. The van der Waals surface area contributed by atoms with Crippen molar-refractivity contribution in [1.29, 1.82) is 0 Å². The molecule has 0 fully saturated rings. The van der Waals surface area contributed by atoms with E-state index < -0.39 is 11.9 Å². The first-order valence-corrected chi connectivity index (χ1v) is 9.24. The molecule has 1 heterocycles. The number of carboxylic acids is 1. The summed E-state index contributed by atoms with van der Waals surface area (Å²) < 4.78 is 5.42. The maximum Gasteiger partial charge on any atom is 0.331 e. The largest absolute Gasteiger partial charge is 0.480 e. The summed E-state index contributed by atoms with van der Waals surface area (Å²) in [5, 5.41) is 9.10. The molecule has 0 spiro atoms. The lowest BCUT2D eigenvalue weighted by molar-refractivity contribution is -0.136. The van der Waals surface area contributed by atoms with E-state index in [1.54, 1.807) is 6.07 Å². The van der Waals surface area contributed by atoms with Gasteiger partial charge in [-0.3, -0.25) is 4.79 Å².